The van der Waals surface area contributed by atoms with Gasteiger partial charge in [-0.3, -0.25) is 9.59 Å². The maximum absolute atomic E-state index is 14.0. The van der Waals surface area contributed by atoms with Gasteiger partial charge >= 0.3 is 0 Å². The summed E-state index contributed by atoms with van der Waals surface area (Å²) in [4.78, 5) is 26.0. The standard InChI is InChI=1S/C26H32Cl2O5/c1-14(2)8-7-9-15(3)10-11-26-22(31)17-12-18(29)16(4)21(30)20(17)23(32)25(26,28)13-19(27)24(5,6)33-26/h8,10,12,19,29-30H,7,9,11,13H2,1-6H3/b15-10-. The van der Waals surface area contributed by atoms with Crippen molar-refractivity contribution < 1.29 is 24.5 Å². The highest BCUT2D eigenvalue weighted by Crippen LogP contribution is 2.57. The molecule has 2 N–H and O–H groups in total. The van der Waals surface area contributed by atoms with Crippen LogP contribution in [0.15, 0.2) is 29.4 Å². The zero-order chi connectivity index (χ0) is 24.9. The number of halogens is 2. The number of phenolic OH excluding ortho intramolecular Hbond substituents is 2. The molecule has 1 fully saturated rings. The Balaban J connectivity index is 2.17. The van der Waals surface area contributed by atoms with Gasteiger partial charge in [0, 0.05) is 17.5 Å². The average molecular weight is 495 g/mol. The molecule has 33 heavy (non-hydrogen) atoms. The van der Waals surface area contributed by atoms with Gasteiger partial charge in [0.2, 0.25) is 0 Å². The number of fused-ring (bicyclic) bond motifs is 2. The molecule has 7 heteroatoms. The van der Waals surface area contributed by atoms with E-state index < -0.39 is 38.8 Å². The van der Waals surface area contributed by atoms with Gasteiger partial charge in [0.15, 0.2) is 17.2 Å². The Hall–Kier alpha value is -1.82. The summed E-state index contributed by atoms with van der Waals surface area (Å²) in [6, 6.07) is 1.22. The molecule has 0 bridgehead atoms. The summed E-state index contributed by atoms with van der Waals surface area (Å²) in [7, 11) is 0. The van der Waals surface area contributed by atoms with Gasteiger partial charge in [-0.2, -0.15) is 0 Å². The van der Waals surface area contributed by atoms with Crippen LogP contribution in [-0.4, -0.2) is 43.2 Å². The summed E-state index contributed by atoms with van der Waals surface area (Å²) >= 11 is 13.6. The van der Waals surface area contributed by atoms with Crippen LogP contribution in [0, 0.1) is 6.92 Å². The van der Waals surface area contributed by atoms with E-state index in [0.717, 1.165) is 18.4 Å². The minimum atomic E-state index is -1.80. The van der Waals surface area contributed by atoms with Crippen LogP contribution in [0.1, 0.15) is 86.6 Å². The molecule has 0 amide bonds. The van der Waals surface area contributed by atoms with Crippen molar-refractivity contribution in [3.8, 4) is 11.5 Å². The molecule has 3 rings (SSSR count). The zero-order valence-corrected chi connectivity index (χ0v) is 21.5. The number of Topliss-reactive ketones (excluding diaryl/α,β-unsaturated/α-hetero) is 2. The van der Waals surface area contributed by atoms with Crippen LogP contribution >= 0.6 is 23.2 Å². The van der Waals surface area contributed by atoms with E-state index in [9.17, 15) is 19.8 Å². The lowest BCUT2D eigenvalue weighted by atomic mass is 9.63. The first-order chi connectivity index (χ1) is 15.2. The lowest BCUT2D eigenvalue weighted by molar-refractivity contribution is -0.157. The molecule has 5 nitrogen and oxygen atoms in total. The van der Waals surface area contributed by atoms with Crippen molar-refractivity contribution in [3.63, 3.8) is 0 Å². The largest absolute Gasteiger partial charge is 0.508 e. The fourth-order valence-corrected chi connectivity index (χ4v) is 5.44. The molecular weight excluding hydrogens is 463 g/mol. The fourth-order valence-electron chi connectivity index (χ4n) is 4.64. The van der Waals surface area contributed by atoms with Crippen molar-refractivity contribution in [1.82, 2.24) is 0 Å². The summed E-state index contributed by atoms with van der Waals surface area (Å²) < 4.78 is 6.37. The number of hydrogen-bond acceptors (Lipinski definition) is 5. The topological polar surface area (TPSA) is 83.8 Å². The first-order valence-corrected chi connectivity index (χ1v) is 12.0. The Morgan fingerprint density at radius 2 is 1.82 bits per heavy atom. The van der Waals surface area contributed by atoms with E-state index in [1.54, 1.807) is 13.8 Å². The van der Waals surface area contributed by atoms with Crippen LogP contribution in [0.4, 0.5) is 0 Å². The van der Waals surface area contributed by atoms with Crippen molar-refractivity contribution in [2.45, 2.75) is 88.7 Å². The highest BCUT2D eigenvalue weighted by molar-refractivity contribution is 6.45. The van der Waals surface area contributed by atoms with Crippen molar-refractivity contribution in [3.05, 3.63) is 46.1 Å². The van der Waals surface area contributed by atoms with Crippen LogP contribution in [0.3, 0.4) is 0 Å². The molecular formula is C26H32Cl2O5. The predicted molar refractivity (Wildman–Crippen MR) is 131 cm³/mol. The molecule has 0 spiro atoms. The molecule has 1 saturated heterocycles. The number of carbonyl (C=O) groups is 2. The van der Waals surface area contributed by atoms with Crippen LogP contribution < -0.4 is 0 Å². The van der Waals surface area contributed by atoms with E-state index in [1.165, 1.54) is 18.6 Å². The third-order valence-electron chi connectivity index (χ3n) is 6.85. The van der Waals surface area contributed by atoms with Crippen LogP contribution in [-0.2, 0) is 4.74 Å². The molecule has 1 aromatic carbocycles. The van der Waals surface area contributed by atoms with Crippen molar-refractivity contribution in [2.24, 2.45) is 0 Å². The number of aromatic hydroxyl groups is 2. The number of ketones is 2. The molecule has 1 heterocycles. The fraction of sp³-hybridized carbons (Fsp3) is 0.538. The average Bonchev–Trinajstić information content (AvgIpc) is 2.71. The van der Waals surface area contributed by atoms with Gasteiger partial charge in [-0.05, 0) is 66.9 Å². The lowest BCUT2D eigenvalue weighted by Gasteiger charge is -2.56. The molecule has 1 aromatic rings. The minimum absolute atomic E-state index is 0.00283. The number of carbonyl (C=O) groups excluding carboxylic acids is 2. The number of rotatable bonds is 5. The van der Waals surface area contributed by atoms with Crippen LogP contribution in [0.25, 0.3) is 0 Å². The van der Waals surface area contributed by atoms with Crippen molar-refractivity contribution in [1.29, 1.82) is 0 Å². The quantitative estimate of drug-likeness (QED) is 0.365. The molecule has 3 unspecified atom stereocenters. The Morgan fingerprint density at radius 3 is 2.42 bits per heavy atom. The number of phenols is 2. The molecule has 1 aliphatic carbocycles. The van der Waals surface area contributed by atoms with E-state index >= 15 is 0 Å². The molecule has 180 valence electrons. The van der Waals surface area contributed by atoms with Crippen molar-refractivity contribution in [2.75, 3.05) is 0 Å². The maximum Gasteiger partial charge on any atom is 0.198 e. The normalized spacial score (nSPS) is 28.8. The first-order valence-electron chi connectivity index (χ1n) is 11.1. The predicted octanol–water partition coefficient (Wildman–Crippen LogP) is 6.39. The molecule has 0 aromatic heterocycles. The van der Waals surface area contributed by atoms with Gasteiger partial charge in [0.05, 0.1) is 16.5 Å². The Kier molecular flexibility index (Phi) is 6.84. The Bertz CT molecular complexity index is 1070. The SMILES string of the molecule is CC(C)=CCC/C(C)=C\CC12OC(C)(C)C(Cl)CC1(Cl)C(=O)c1c(cc(O)c(C)c1O)C2=O. The number of allylic oxidation sites excluding steroid dienone is 3. The second-order valence-corrected chi connectivity index (χ2v) is 11.2. The van der Waals surface area contributed by atoms with Gasteiger partial charge in [0.1, 0.15) is 16.4 Å². The maximum atomic E-state index is 14.0. The second-order valence-electron chi connectivity index (χ2n) is 10.0. The number of ether oxygens (including phenoxy) is 1. The number of benzene rings is 1. The van der Waals surface area contributed by atoms with Gasteiger partial charge in [-0.15, -0.1) is 23.2 Å². The minimum Gasteiger partial charge on any atom is -0.508 e. The smallest absolute Gasteiger partial charge is 0.198 e. The molecule has 3 atom stereocenters. The van der Waals surface area contributed by atoms with Gasteiger partial charge in [-0.25, -0.2) is 0 Å². The molecule has 0 saturated carbocycles. The number of alkyl halides is 2. The van der Waals surface area contributed by atoms with Crippen molar-refractivity contribution >= 4 is 34.8 Å². The summed E-state index contributed by atoms with van der Waals surface area (Å²) in [5.74, 6) is -1.87. The van der Waals surface area contributed by atoms with E-state index in [0.29, 0.717) is 0 Å². The van der Waals surface area contributed by atoms with E-state index in [-0.39, 0.29) is 35.3 Å². The summed E-state index contributed by atoms with van der Waals surface area (Å²) in [5, 5.41) is 20.3. The third kappa shape index (κ3) is 4.13. The molecule has 1 aliphatic heterocycles. The van der Waals surface area contributed by atoms with E-state index in [2.05, 4.69) is 6.08 Å². The lowest BCUT2D eigenvalue weighted by Crippen LogP contribution is -2.72. The first kappa shape index (κ1) is 25.8. The summed E-state index contributed by atoms with van der Waals surface area (Å²) in [5.41, 5.74) is -0.557. The zero-order valence-electron chi connectivity index (χ0n) is 20.0. The molecule has 2 aliphatic rings. The summed E-state index contributed by atoms with van der Waals surface area (Å²) in [6.07, 6.45) is 5.75. The van der Waals surface area contributed by atoms with Gasteiger partial charge in [0.25, 0.3) is 0 Å². The highest BCUT2D eigenvalue weighted by Gasteiger charge is 2.70. The monoisotopic (exact) mass is 494 g/mol. The number of hydrogen-bond donors (Lipinski definition) is 2. The van der Waals surface area contributed by atoms with Gasteiger partial charge < -0.3 is 14.9 Å². The summed E-state index contributed by atoms with van der Waals surface area (Å²) in [6.45, 7) is 11.0. The van der Waals surface area contributed by atoms with Gasteiger partial charge in [-0.1, -0.05) is 23.3 Å². The highest BCUT2D eigenvalue weighted by atomic mass is 35.5. The van der Waals surface area contributed by atoms with Crippen LogP contribution in [0.2, 0.25) is 0 Å². The Morgan fingerprint density at radius 1 is 1.18 bits per heavy atom. The molecule has 0 radical (unpaired) electrons. The van der Waals surface area contributed by atoms with E-state index in [1.807, 2.05) is 26.8 Å². The van der Waals surface area contributed by atoms with Crippen LogP contribution in [0.5, 0.6) is 11.5 Å². The third-order valence-corrected chi connectivity index (χ3v) is 8.16. The second kappa shape index (κ2) is 8.75. The van der Waals surface area contributed by atoms with E-state index in [4.69, 9.17) is 27.9 Å². The Labute approximate surface area is 205 Å².